The summed E-state index contributed by atoms with van der Waals surface area (Å²) in [5, 5.41) is 11.8. The molecule has 0 saturated carbocycles. The normalized spacial score (nSPS) is 19.6. The van der Waals surface area contributed by atoms with Crippen LogP contribution in [0, 0.1) is 0 Å². The monoisotopic (exact) mass is 231 g/mol. The van der Waals surface area contributed by atoms with Gasteiger partial charge in [-0.15, -0.1) is 0 Å². The highest BCUT2D eigenvalue weighted by Gasteiger charge is 2.11. The highest BCUT2D eigenvalue weighted by molar-refractivity contribution is 5.72. The van der Waals surface area contributed by atoms with Gasteiger partial charge < -0.3 is 20.9 Å². The molecule has 0 bridgehead atoms. The molecule has 1 fully saturated rings. The van der Waals surface area contributed by atoms with Crippen LogP contribution in [0.3, 0.4) is 0 Å². The minimum atomic E-state index is -0.935. The van der Waals surface area contributed by atoms with Gasteiger partial charge in [-0.3, -0.25) is 9.69 Å². The van der Waals surface area contributed by atoms with Crippen molar-refractivity contribution < 1.29 is 14.6 Å². The lowest BCUT2D eigenvalue weighted by Crippen LogP contribution is -2.41. The summed E-state index contributed by atoms with van der Waals surface area (Å²) in [6.45, 7) is 6.08. The molecule has 0 aromatic rings. The molecule has 0 spiro atoms. The summed E-state index contributed by atoms with van der Waals surface area (Å²) >= 11 is 0. The number of ether oxygens (including phenoxy) is 1. The Bertz CT molecular complexity index is 207. The largest absolute Gasteiger partial charge is 0.480 e. The van der Waals surface area contributed by atoms with Gasteiger partial charge in [0.05, 0.1) is 13.2 Å². The van der Waals surface area contributed by atoms with E-state index in [0.29, 0.717) is 13.0 Å². The Hall–Kier alpha value is -0.690. The number of hydrogen-bond donors (Lipinski definition) is 3. The van der Waals surface area contributed by atoms with Crippen LogP contribution >= 0.6 is 0 Å². The summed E-state index contributed by atoms with van der Waals surface area (Å²) in [5.41, 5.74) is 5.38. The second-order valence-electron chi connectivity index (χ2n) is 3.94. The summed E-state index contributed by atoms with van der Waals surface area (Å²) in [5.74, 6) is -0.935. The molecule has 1 heterocycles. The molecule has 1 aliphatic heterocycles. The first-order chi connectivity index (χ1) is 7.70. The van der Waals surface area contributed by atoms with Crippen molar-refractivity contribution in [3.63, 3.8) is 0 Å². The van der Waals surface area contributed by atoms with E-state index in [-0.39, 0.29) is 0 Å². The highest BCUT2D eigenvalue weighted by atomic mass is 16.5. The number of carboxylic acid groups (broad SMARTS) is 1. The standard InChI is InChI=1S/C10H21N3O3/c11-9(10(14)15)1-2-12-3-4-13-5-7-16-8-6-13/h9,12H,1-8,11H2,(H,14,15). The number of carboxylic acids is 1. The van der Waals surface area contributed by atoms with Gasteiger partial charge in [0.1, 0.15) is 6.04 Å². The molecular formula is C10H21N3O3. The zero-order valence-electron chi connectivity index (χ0n) is 9.52. The molecule has 1 aliphatic rings. The zero-order chi connectivity index (χ0) is 11.8. The molecule has 16 heavy (non-hydrogen) atoms. The Morgan fingerprint density at radius 1 is 1.44 bits per heavy atom. The second-order valence-corrected chi connectivity index (χ2v) is 3.94. The zero-order valence-corrected chi connectivity index (χ0v) is 9.52. The number of morpholine rings is 1. The lowest BCUT2D eigenvalue weighted by atomic mass is 10.2. The molecule has 1 saturated heterocycles. The summed E-state index contributed by atoms with van der Waals surface area (Å²) < 4.78 is 5.24. The molecular weight excluding hydrogens is 210 g/mol. The summed E-state index contributed by atoms with van der Waals surface area (Å²) in [6, 6.07) is -0.754. The fraction of sp³-hybridized carbons (Fsp3) is 0.900. The van der Waals surface area contributed by atoms with E-state index in [9.17, 15) is 4.79 Å². The molecule has 6 heteroatoms. The molecule has 0 aromatic carbocycles. The molecule has 6 nitrogen and oxygen atoms in total. The Balaban J connectivity index is 1.93. The van der Waals surface area contributed by atoms with Gasteiger partial charge in [0, 0.05) is 26.2 Å². The van der Waals surface area contributed by atoms with Gasteiger partial charge in [-0.25, -0.2) is 0 Å². The fourth-order valence-corrected chi connectivity index (χ4v) is 1.57. The SMILES string of the molecule is NC(CCNCCN1CCOCC1)C(=O)O. The minimum Gasteiger partial charge on any atom is -0.480 e. The predicted octanol–water partition coefficient (Wildman–Crippen LogP) is -1.29. The number of aliphatic carboxylic acids is 1. The third-order valence-corrected chi connectivity index (χ3v) is 2.66. The van der Waals surface area contributed by atoms with Crippen molar-refractivity contribution in [3.8, 4) is 0 Å². The smallest absolute Gasteiger partial charge is 0.320 e. The van der Waals surface area contributed by atoms with E-state index in [1.54, 1.807) is 0 Å². The first-order valence-electron chi connectivity index (χ1n) is 5.69. The van der Waals surface area contributed by atoms with Gasteiger partial charge in [-0.1, -0.05) is 0 Å². The molecule has 1 atom stereocenters. The van der Waals surface area contributed by atoms with Gasteiger partial charge in [0.2, 0.25) is 0 Å². The molecule has 1 rings (SSSR count). The summed E-state index contributed by atoms with van der Waals surface area (Å²) in [4.78, 5) is 12.8. The Morgan fingerprint density at radius 2 is 2.12 bits per heavy atom. The van der Waals surface area contributed by atoms with Crippen LogP contribution in [0.1, 0.15) is 6.42 Å². The van der Waals surface area contributed by atoms with Crippen LogP contribution in [0.4, 0.5) is 0 Å². The summed E-state index contributed by atoms with van der Waals surface area (Å²) in [7, 11) is 0. The third kappa shape index (κ3) is 5.41. The van der Waals surface area contributed by atoms with Gasteiger partial charge in [-0.05, 0) is 13.0 Å². The Kier molecular flexibility index (Phi) is 6.32. The predicted molar refractivity (Wildman–Crippen MR) is 60.4 cm³/mol. The number of hydrogen-bond acceptors (Lipinski definition) is 5. The number of nitrogens with zero attached hydrogens (tertiary/aromatic N) is 1. The maximum absolute atomic E-state index is 10.4. The lowest BCUT2D eigenvalue weighted by molar-refractivity contribution is -0.138. The average molecular weight is 231 g/mol. The highest BCUT2D eigenvalue weighted by Crippen LogP contribution is 1.94. The van der Waals surface area contributed by atoms with E-state index in [2.05, 4.69) is 10.2 Å². The van der Waals surface area contributed by atoms with E-state index in [4.69, 9.17) is 15.6 Å². The van der Waals surface area contributed by atoms with Gasteiger partial charge in [0.25, 0.3) is 0 Å². The lowest BCUT2D eigenvalue weighted by Gasteiger charge is -2.26. The maximum Gasteiger partial charge on any atom is 0.320 e. The minimum absolute atomic E-state index is 0.471. The van der Waals surface area contributed by atoms with Crippen LogP contribution in [-0.4, -0.2) is 68.0 Å². The quantitative estimate of drug-likeness (QED) is 0.473. The number of nitrogens with one attached hydrogen (secondary N) is 1. The van der Waals surface area contributed by atoms with Crippen molar-refractivity contribution in [3.05, 3.63) is 0 Å². The molecule has 94 valence electrons. The van der Waals surface area contributed by atoms with E-state index >= 15 is 0 Å². The van der Waals surface area contributed by atoms with Crippen molar-refractivity contribution in [1.82, 2.24) is 10.2 Å². The van der Waals surface area contributed by atoms with Crippen molar-refractivity contribution >= 4 is 5.97 Å². The fourth-order valence-electron chi connectivity index (χ4n) is 1.57. The number of carbonyl (C=O) groups is 1. The van der Waals surface area contributed by atoms with Crippen LogP contribution in [0.25, 0.3) is 0 Å². The van der Waals surface area contributed by atoms with Gasteiger partial charge >= 0.3 is 5.97 Å². The van der Waals surface area contributed by atoms with Crippen LogP contribution in [0.15, 0.2) is 0 Å². The van der Waals surface area contributed by atoms with E-state index in [0.717, 1.165) is 39.4 Å². The van der Waals surface area contributed by atoms with Crippen molar-refractivity contribution in [2.24, 2.45) is 5.73 Å². The second kappa shape index (κ2) is 7.56. The van der Waals surface area contributed by atoms with Crippen LogP contribution in [0.2, 0.25) is 0 Å². The Labute approximate surface area is 95.7 Å². The first-order valence-corrected chi connectivity index (χ1v) is 5.69. The van der Waals surface area contributed by atoms with Crippen molar-refractivity contribution in [2.75, 3.05) is 45.9 Å². The van der Waals surface area contributed by atoms with Crippen LogP contribution in [-0.2, 0) is 9.53 Å². The molecule has 4 N–H and O–H groups in total. The molecule has 1 unspecified atom stereocenters. The number of rotatable bonds is 7. The molecule has 0 aromatic heterocycles. The summed E-state index contributed by atoms with van der Waals surface area (Å²) in [6.07, 6.45) is 0.471. The first kappa shape index (κ1) is 13.4. The topological polar surface area (TPSA) is 87.8 Å². The Morgan fingerprint density at radius 3 is 2.75 bits per heavy atom. The third-order valence-electron chi connectivity index (χ3n) is 2.66. The van der Waals surface area contributed by atoms with Crippen molar-refractivity contribution in [2.45, 2.75) is 12.5 Å². The van der Waals surface area contributed by atoms with Crippen LogP contribution in [0.5, 0.6) is 0 Å². The van der Waals surface area contributed by atoms with Gasteiger partial charge in [0.15, 0.2) is 0 Å². The molecule has 0 amide bonds. The number of nitrogens with two attached hydrogens (primary N) is 1. The van der Waals surface area contributed by atoms with E-state index < -0.39 is 12.0 Å². The van der Waals surface area contributed by atoms with Gasteiger partial charge in [-0.2, -0.15) is 0 Å². The van der Waals surface area contributed by atoms with E-state index in [1.807, 2.05) is 0 Å². The molecule has 0 aliphatic carbocycles. The van der Waals surface area contributed by atoms with Crippen molar-refractivity contribution in [1.29, 1.82) is 0 Å². The van der Waals surface area contributed by atoms with Crippen LogP contribution < -0.4 is 11.1 Å². The maximum atomic E-state index is 10.4. The average Bonchev–Trinajstić information content (AvgIpc) is 2.29. The van der Waals surface area contributed by atoms with E-state index in [1.165, 1.54) is 0 Å². The molecule has 0 radical (unpaired) electrons.